The van der Waals surface area contributed by atoms with Crippen LogP contribution in [0, 0.1) is 0 Å². The number of nitrogens with zero attached hydrogens (tertiary/aromatic N) is 1. The Kier molecular flexibility index (Phi) is 4.98. The van der Waals surface area contributed by atoms with Crippen LogP contribution in [0.15, 0.2) is 53.4 Å². The highest BCUT2D eigenvalue weighted by Gasteiger charge is 2.15. The van der Waals surface area contributed by atoms with Gasteiger partial charge in [0.05, 0.1) is 10.8 Å². The van der Waals surface area contributed by atoms with Crippen LogP contribution in [0.25, 0.3) is 0 Å². The van der Waals surface area contributed by atoms with E-state index in [9.17, 15) is 9.00 Å². The number of carbonyl (C=O) groups excluding carboxylic acids is 1. The Morgan fingerprint density at radius 2 is 1.71 bits per heavy atom. The van der Waals surface area contributed by atoms with Gasteiger partial charge in [0.2, 0.25) is 5.91 Å². The molecule has 0 bridgehead atoms. The number of nitrogen functional groups attached to an aromatic ring is 1. The van der Waals surface area contributed by atoms with E-state index in [1.54, 1.807) is 55.6 Å². The molecule has 0 aliphatic carbocycles. The summed E-state index contributed by atoms with van der Waals surface area (Å²) in [5.41, 5.74) is 6.95. The summed E-state index contributed by atoms with van der Waals surface area (Å²) in [5, 5.41) is 0.570. The lowest BCUT2D eigenvalue weighted by molar-refractivity contribution is -0.115. The number of hydrogen-bond donors (Lipinski definition) is 1. The van der Waals surface area contributed by atoms with Gasteiger partial charge in [-0.05, 0) is 48.5 Å². The number of nitrogens with two attached hydrogens (primary N) is 1. The van der Waals surface area contributed by atoms with Crippen molar-refractivity contribution in [3.63, 3.8) is 0 Å². The van der Waals surface area contributed by atoms with Crippen LogP contribution in [-0.2, 0) is 15.6 Å². The molecule has 2 N–H and O–H groups in total. The maximum absolute atomic E-state index is 12.2. The van der Waals surface area contributed by atoms with Crippen LogP contribution in [-0.4, -0.2) is 22.9 Å². The zero-order chi connectivity index (χ0) is 15.4. The molecule has 0 fully saturated rings. The highest BCUT2D eigenvalue weighted by Crippen LogP contribution is 2.17. The van der Waals surface area contributed by atoms with Gasteiger partial charge in [0.25, 0.3) is 0 Å². The molecule has 0 aliphatic heterocycles. The summed E-state index contributed by atoms with van der Waals surface area (Å²) in [7, 11) is 0.251. The summed E-state index contributed by atoms with van der Waals surface area (Å²) in [6.45, 7) is 0. The fraction of sp³-hybridized carbons (Fsp3) is 0.133. The molecule has 0 aromatic heterocycles. The number of amides is 1. The second-order valence-corrected chi connectivity index (χ2v) is 6.38. The summed E-state index contributed by atoms with van der Waals surface area (Å²) < 4.78 is 12.2. The van der Waals surface area contributed by atoms with E-state index in [2.05, 4.69) is 0 Å². The van der Waals surface area contributed by atoms with Crippen LogP contribution in [0.4, 0.5) is 11.4 Å². The highest BCUT2D eigenvalue weighted by atomic mass is 35.5. The molecule has 2 aromatic rings. The molecular weight excluding hydrogens is 308 g/mol. The summed E-state index contributed by atoms with van der Waals surface area (Å²) in [5.74, 6) is -0.309. The Labute approximate surface area is 131 Å². The van der Waals surface area contributed by atoms with Crippen LogP contribution in [0.1, 0.15) is 0 Å². The normalized spacial score (nSPS) is 11.9. The van der Waals surface area contributed by atoms with Crippen LogP contribution in [0.5, 0.6) is 0 Å². The Morgan fingerprint density at radius 3 is 2.29 bits per heavy atom. The van der Waals surface area contributed by atoms with Crippen molar-refractivity contribution in [3.8, 4) is 0 Å². The lowest BCUT2D eigenvalue weighted by atomic mass is 10.2. The second kappa shape index (κ2) is 6.74. The van der Waals surface area contributed by atoms with Gasteiger partial charge in [0.1, 0.15) is 5.75 Å². The number of benzene rings is 2. The molecule has 1 atom stereocenters. The zero-order valence-corrected chi connectivity index (χ0v) is 13.0. The molecule has 0 saturated carbocycles. The third kappa shape index (κ3) is 4.06. The van der Waals surface area contributed by atoms with Crippen molar-refractivity contribution in [2.45, 2.75) is 4.90 Å². The number of hydrogen-bond acceptors (Lipinski definition) is 3. The van der Waals surface area contributed by atoms with E-state index in [1.807, 2.05) is 0 Å². The predicted octanol–water partition coefficient (Wildman–Crippen LogP) is 2.69. The van der Waals surface area contributed by atoms with Crippen molar-refractivity contribution in [1.29, 1.82) is 0 Å². The van der Waals surface area contributed by atoms with Gasteiger partial charge in [-0.3, -0.25) is 9.00 Å². The monoisotopic (exact) mass is 322 g/mol. The van der Waals surface area contributed by atoms with Gasteiger partial charge in [0, 0.05) is 28.3 Å². The molecule has 110 valence electrons. The van der Waals surface area contributed by atoms with Crippen molar-refractivity contribution in [3.05, 3.63) is 53.6 Å². The Bertz CT molecular complexity index is 656. The highest BCUT2D eigenvalue weighted by molar-refractivity contribution is 7.85. The van der Waals surface area contributed by atoms with Gasteiger partial charge in [-0.15, -0.1) is 0 Å². The summed E-state index contributed by atoms with van der Waals surface area (Å²) in [6, 6.07) is 13.6. The fourth-order valence-electron chi connectivity index (χ4n) is 1.72. The van der Waals surface area contributed by atoms with Crippen LogP contribution >= 0.6 is 11.6 Å². The molecule has 0 spiro atoms. The average Bonchev–Trinajstić information content (AvgIpc) is 2.47. The van der Waals surface area contributed by atoms with Crippen molar-refractivity contribution in [1.82, 2.24) is 0 Å². The Morgan fingerprint density at radius 1 is 1.14 bits per heavy atom. The van der Waals surface area contributed by atoms with Gasteiger partial charge in [-0.1, -0.05) is 11.6 Å². The first-order valence-electron chi connectivity index (χ1n) is 6.23. The number of anilines is 2. The first-order valence-corrected chi connectivity index (χ1v) is 7.93. The van der Waals surface area contributed by atoms with E-state index in [0.29, 0.717) is 21.3 Å². The second-order valence-electron chi connectivity index (χ2n) is 4.49. The van der Waals surface area contributed by atoms with Crippen LogP contribution in [0.2, 0.25) is 5.02 Å². The summed E-state index contributed by atoms with van der Waals surface area (Å²) >= 11 is 5.78. The van der Waals surface area contributed by atoms with Crippen LogP contribution < -0.4 is 10.6 Å². The van der Waals surface area contributed by atoms with Gasteiger partial charge in [0.15, 0.2) is 0 Å². The predicted molar refractivity (Wildman–Crippen MR) is 87.0 cm³/mol. The summed E-state index contributed by atoms with van der Waals surface area (Å²) in [4.78, 5) is 14.2. The average molecular weight is 323 g/mol. The maximum Gasteiger partial charge on any atom is 0.239 e. The van der Waals surface area contributed by atoms with Gasteiger partial charge >= 0.3 is 0 Å². The quantitative estimate of drug-likeness (QED) is 0.880. The Hall–Kier alpha value is -1.85. The van der Waals surface area contributed by atoms with E-state index in [4.69, 9.17) is 17.3 Å². The fourth-order valence-corrected chi connectivity index (χ4v) is 2.87. The molecule has 0 aliphatic rings. The minimum Gasteiger partial charge on any atom is -0.399 e. The van der Waals surface area contributed by atoms with Gasteiger partial charge < -0.3 is 10.6 Å². The molecule has 6 heteroatoms. The van der Waals surface area contributed by atoms with Crippen molar-refractivity contribution in [2.75, 3.05) is 23.4 Å². The van der Waals surface area contributed by atoms with Gasteiger partial charge in [-0.25, -0.2) is 0 Å². The van der Waals surface area contributed by atoms with E-state index >= 15 is 0 Å². The third-order valence-corrected chi connectivity index (χ3v) is 4.54. The number of halogens is 1. The van der Waals surface area contributed by atoms with E-state index in [0.717, 1.165) is 0 Å². The minimum atomic E-state index is -1.40. The van der Waals surface area contributed by atoms with E-state index in [-0.39, 0.29) is 11.7 Å². The molecule has 1 unspecified atom stereocenters. The minimum absolute atomic E-state index is 0.0808. The molecular formula is C15H15ClN2O2S. The molecule has 0 radical (unpaired) electrons. The maximum atomic E-state index is 12.2. The SMILES string of the molecule is CN(C(=O)CS(=O)c1ccc(Cl)cc1)c1ccc(N)cc1. The first-order chi connectivity index (χ1) is 9.97. The zero-order valence-electron chi connectivity index (χ0n) is 11.5. The molecule has 1 amide bonds. The topological polar surface area (TPSA) is 63.4 Å². The third-order valence-electron chi connectivity index (χ3n) is 2.99. The van der Waals surface area contributed by atoms with E-state index < -0.39 is 10.8 Å². The molecule has 0 saturated heterocycles. The largest absolute Gasteiger partial charge is 0.399 e. The standard InChI is InChI=1S/C15H15ClN2O2S/c1-18(13-6-4-12(17)5-7-13)15(19)10-21(20)14-8-2-11(16)3-9-14/h2-9H,10,17H2,1H3. The number of carbonyl (C=O) groups is 1. The number of rotatable bonds is 4. The summed E-state index contributed by atoms with van der Waals surface area (Å²) in [6.07, 6.45) is 0. The van der Waals surface area contributed by atoms with Crippen molar-refractivity contribution in [2.24, 2.45) is 0 Å². The lowest BCUT2D eigenvalue weighted by Crippen LogP contribution is -2.30. The van der Waals surface area contributed by atoms with Crippen LogP contribution in [0.3, 0.4) is 0 Å². The molecule has 2 rings (SSSR count). The van der Waals surface area contributed by atoms with Crippen molar-refractivity contribution < 1.29 is 9.00 Å². The lowest BCUT2D eigenvalue weighted by Gasteiger charge is -2.17. The molecule has 4 nitrogen and oxygen atoms in total. The van der Waals surface area contributed by atoms with Crippen molar-refractivity contribution >= 4 is 39.7 Å². The first kappa shape index (κ1) is 15.5. The Balaban J connectivity index is 2.05. The molecule has 0 heterocycles. The molecule has 21 heavy (non-hydrogen) atoms. The smallest absolute Gasteiger partial charge is 0.239 e. The van der Waals surface area contributed by atoms with Gasteiger partial charge in [-0.2, -0.15) is 0 Å². The molecule has 2 aromatic carbocycles. The van der Waals surface area contributed by atoms with E-state index in [1.165, 1.54) is 4.90 Å².